The molecule has 0 bridgehead atoms. The molecule has 0 unspecified atom stereocenters. The Labute approximate surface area is 111 Å². The lowest BCUT2D eigenvalue weighted by Gasteiger charge is -1.95. The Bertz CT molecular complexity index is 452. The maximum atomic E-state index is 4.21. The second kappa shape index (κ2) is 5.86. The predicted octanol–water partition coefficient (Wildman–Crippen LogP) is 3.18. The number of nitrogens with zero attached hydrogens (tertiary/aromatic N) is 2. The molecule has 0 fully saturated rings. The summed E-state index contributed by atoms with van der Waals surface area (Å²) >= 11 is 6.80. The third-order valence-electron chi connectivity index (χ3n) is 2.05. The lowest BCUT2D eigenvalue weighted by atomic mass is 10.4. The van der Waals surface area contributed by atoms with E-state index in [1.54, 1.807) is 22.7 Å². The minimum Gasteiger partial charge on any atom is -0.317 e. The van der Waals surface area contributed by atoms with Gasteiger partial charge in [0.05, 0.1) is 3.79 Å². The van der Waals surface area contributed by atoms with Gasteiger partial charge in [0.1, 0.15) is 10.0 Å². The van der Waals surface area contributed by atoms with Crippen molar-refractivity contribution in [1.82, 2.24) is 15.5 Å². The Hall–Kier alpha value is -0.300. The van der Waals surface area contributed by atoms with E-state index in [0.717, 1.165) is 38.9 Å². The number of hydrogen-bond acceptors (Lipinski definition) is 5. The molecule has 0 radical (unpaired) electrons. The molecule has 0 amide bonds. The van der Waals surface area contributed by atoms with Gasteiger partial charge in [-0.1, -0.05) is 18.3 Å². The fraction of sp³-hybridized carbons (Fsp3) is 0.400. The van der Waals surface area contributed by atoms with Gasteiger partial charge >= 0.3 is 0 Å². The number of nitrogens with one attached hydrogen (secondary N) is 1. The zero-order chi connectivity index (χ0) is 11.4. The first-order valence-corrected chi connectivity index (χ1v) is 7.56. The van der Waals surface area contributed by atoms with Crippen molar-refractivity contribution in [3.05, 3.63) is 20.2 Å². The van der Waals surface area contributed by atoms with Gasteiger partial charge < -0.3 is 5.32 Å². The molecule has 0 aromatic carbocycles. The number of likely N-dealkylation sites (N-methyl/N-ethyl adjacent to an activating group) is 1. The number of aromatic nitrogens is 2. The average Bonchev–Trinajstić information content (AvgIpc) is 2.87. The van der Waals surface area contributed by atoms with E-state index in [1.807, 2.05) is 0 Å². The second-order valence-electron chi connectivity index (χ2n) is 3.24. The molecule has 0 aliphatic rings. The molecule has 16 heavy (non-hydrogen) atoms. The molecule has 2 aromatic rings. The normalized spacial score (nSPS) is 10.9. The molecular weight excluding hydrogens is 306 g/mol. The highest BCUT2D eigenvalue weighted by Gasteiger charge is 2.07. The van der Waals surface area contributed by atoms with Crippen molar-refractivity contribution in [1.29, 1.82) is 0 Å². The van der Waals surface area contributed by atoms with E-state index in [0.29, 0.717) is 0 Å². The molecule has 0 saturated heterocycles. The fourth-order valence-corrected chi connectivity index (χ4v) is 3.31. The van der Waals surface area contributed by atoms with E-state index < -0.39 is 0 Å². The summed E-state index contributed by atoms with van der Waals surface area (Å²) in [6.07, 6.45) is 0.955. The summed E-state index contributed by atoms with van der Waals surface area (Å²) in [5, 5.41) is 15.9. The van der Waals surface area contributed by atoms with Crippen LogP contribution < -0.4 is 5.32 Å². The van der Waals surface area contributed by atoms with Gasteiger partial charge in [0.15, 0.2) is 0 Å². The van der Waals surface area contributed by atoms with Crippen LogP contribution in [0.4, 0.5) is 0 Å². The fourth-order valence-electron chi connectivity index (χ4n) is 1.27. The summed E-state index contributed by atoms with van der Waals surface area (Å²) < 4.78 is 1.13. The second-order valence-corrected chi connectivity index (χ2v) is 6.60. The van der Waals surface area contributed by atoms with E-state index in [-0.39, 0.29) is 0 Å². The monoisotopic (exact) mass is 317 g/mol. The van der Waals surface area contributed by atoms with Crippen molar-refractivity contribution in [3.63, 3.8) is 0 Å². The Morgan fingerprint density at radius 3 is 3.00 bits per heavy atom. The molecule has 0 spiro atoms. The van der Waals surface area contributed by atoms with Gasteiger partial charge in [-0.25, -0.2) is 0 Å². The highest BCUT2D eigenvalue weighted by atomic mass is 79.9. The number of rotatable bonds is 5. The molecule has 2 heterocycles. The first-order chi connectivity index (χ1) is 7.79. The minimum absolute atomic E-state index is 0.955. The third kappa shape index (κ3) is 3.10. The van der Waals surface area contributed by atoms with Crippen molar-refractivity contribution in [2.24, 2.45) is 0 Å². The molecule has 3 nitrogen and oxygen atoms in total. The lowest BCUT2D eigenvalue weighted by Crippen LogP contribution is -2.15. The van der Waals surface area contributed by atoms with E-state index in [9.17, 15) is 0 Å². The number of hydrogen-bond donors (Lipinski definition) is 1. The van der Waals surface area contributed by atoms with Crippen LogP contribution in [0.5, 0.6) is 0 Å². The molecule has 2 rings (SSSR count). The smallest absolute Gasteiger partial charge is 0.148 e. The molecule has 1 N–H and O–H groups in total. The van der Waals surface area contributed by atoms with E-state index >= 15 is 0 Å². The zero-order valence-electron chi connectivity index (χ0n) is 8.86. The topological polar surface area (TPSA) is 37.8 Å². The van der Waals surface area contributed by atoms with Crippen LogP contribution >= 0.6 is 38.6 Å². The predicted molar refractivity (Wildman–Crippen MR) is 73.2 cm³/mol. The van der Waals surface area contributed by atoms with Crippen LogP contribution in [-0.4, -0.2) is 23.3 Å². The van der Waals surface area contributed by atoms with Crippen LogP contribution in [0, 0.1) is 0 Å². The van der Waals surface area contributed by atoms with Gasteiger partial charge in [0.2, 0.25) is 0 Å². The maximum Gasteiger partial charge on any atom is 0.148 e. The van der Waals surface area contributed by atoms with Crippen molar-refractivity contribution in [2.75, 3.05) is 13.1 Å². The van der Waals surface area contributed by atoms with Crippen LogP contribution in [0.25, 0.3) is 10.6 Å². The van der Waals surface area contributed by atoms with Gasteiger partial charge in [-0.3, -0.25) is 0 Å². The van der Waals surface area contributed by atoms with Gasteiger partial charge in [0.25, 0.3) is 0 Å². The number of halogens is 1. The van der Waals surface area contributed by atoms with Crippen LogP contribution in [-0.2, 0) is 6.42 Å². The Morgan fingerprint density at radius 2 is 2.31 bits per heavy atom. The Balaban J connectivity index is 2.02. The third-order valence-corrected chi connectivity index (χ3v) is 4.58. The molecule has 86 valence electrons. The highest BCUT2D eigenvalue weighted by molar-refractivity contribution is 9.11. The van der Waals surface area contributed by atoms with Gasteiger partial charge in [-0.05, 0) is 28.5 Å². The first-order valence-electron chi connectivity index (χ1n) is 5.07. The van der Waals surface area contributed by atoms with Crippen molar-refractivity contribution >= 4 is 38.6 Å². The van der Waals surface area contributed by atoms with Gasteiger partial charge in [-0.2, -0.15) is 0 Å². The van der Waals surface area contributed by atoms with Crippen LogP contribution in [0.3, 0.4) is 0 Å². The summed E-state index contributed by atoms with van der Waals surface area (Å²) in [5.41, 5.74) is 1.16. The van der Waals surface area contributed by atoms with E-state index in [4.69, 9.17) is 0 Å². The molecule has 2 aromatic heterocycles. The Kier molecular flexibility index (Phi) is 4.45. The quantitative estimate of drug-likeness (QED) is 0.861. The largest absolute Gasteiger partial charge is 0.317 e. The summed E-state index contributed by atoms with van der Waals surface area (Å²) in [6, 6.07) is 2.08. The van der Waals surface area contributed by atoms with Crippen LogP contribution in [0.15, 0.2) is 15.2 Å². The van der Waals surface area contributed by atoms with Crippen LogP contribution in [0.2, 0.25) is 0 Å². The highest BCUT2D eigenvalue weighted by Crippen LogP contribution is 2.30. The summed E-state index contributed by atoms with van der Waals surface area (Å²) in [6.45, 7) is 4.08. The molecule has 0 atom stereocenters. The SMILES string of the molecule is CCNCCc1nnc(-c2csc(Br)c2)s1. The van der Waals surface area contributed by atoms with Gasteiger partial charge in [-0.15, -0.1) is 21.5 Å². The minimum atomic E-state index is 0.955. The molecular formula is C10H12BrN3S2. The number of thiophene rings is 1. The van der Waals surface area contributed by atoms with E-state index in [1.165, 1.54) is 0 Å². The summed E-state index contributed by atoms with van der Waals surface area (Å²) in [5.74, 6) is 0. The summed E-state index contributed by atoms with van der Waals surface area (Å²) in [4.78, 5) is 0. The molecule has 0 saturated carbocycles. The lowest BCUT2D eigenvalue weighted by molar-refractivity contribution is 0.710. The zero-order valence-corrected chi connectivity index (χ0v) is 12.1. The Morgan fingerprint density at radius 1 is 1.44 bits per heavy atom. The summed E-state index contributed by atoms with van der Waals surface area (Å²) in [7, 11) is 0. The molecule has 6 heteroatoms. The van der Waals surface area contributed by atoms with Crippen molar-refractivity contribution < 1.29 is 0 Å². The van der Waals surface area contributed by atoms with Crippen molar-refractivity contribution in [3.8, 4) is 10.6 Å². The maximum absolute atomic E-state index is 4.21. The first kappa shape index (κ1) is 12.2. The van der Waals surface area contributed by atoms with E-state index in [2.05, 4.69) is 49.8 Å². The average molecular weight is 318 g/mol. The van der Waals surface area contributed by atoms with Gasteiger partial charge in [0, 0.05) is 23.9 Å². The molecule has 0 aliphatic heterocycles. The molecule has 0 aliphatic carbocycles. The standard InChI is InChI=1S/C10H12BrN3S2/c1-2-12-4-3-9-13-14-10(16-9)7-5-8(11)15-6-7/h5-6,12H,2-4H2,1H3. The van der Waals surface area contributed by atoms with Crippen molar-refractivity contribution in [2.45, 2.75) is 13.3 Å². The van der Waals surface area contributed by atoms with Crippen LogP contribution in [0.1, 0.15) is 11.9 Å².